The van der Waals surface area contributed by atoms with Crippen molar-refractivity contribution in [2.75, 3.05) is 0 Å². The smallest absolute Gasteiger partial charge is 0.166 e. The number of allylic oxidation sites excluding steroid dienone is 1. The fourth-order valence-electron chi connectivity index (χ4n) is 1.50. The van der Waals surface area contributed by atoms with E-state index in [0.29, 0.717) is 0 Å². The molecule has 1 atom stereocenters. The maximum Gasteiger partial charge on any atom is 0.166 e. The summed E-state index contributed by atoms with van der Waals surface area (Å²) in [5.41, 5.74) is 0.807. The second-order valence-corrected chi connectivity index (χ2v) is 3.36. The fourth-order valence-corrected chi connectivity index (χ4v) is 1.50. The number of benzene rings is 1. The molecule has 0 aliphatic carbocycles. The monoisotopic (exact) mass is 188 g/mol. The van der Waals surface area contributed by atoms with Gasteiger partial charge >= 0.3 is 0 Å². The van der Waals surface area contributed by atoms with Gasteiger partial charge < -0.3 is 0 Å². The summed E-state index contributed by atoms with van der Waals surface area (Å²) >= 11 is 0. The zero-order valence-electron chi connectivity index (χ0n) is 8.57. The Morgan fingerprint density at radius 3 is 2.57 bits per heavy atom. The highest BCUT2D eigenvalue weighted by Crippen LogP contribution is 2.15. The average molecular weight is 188 g/mol. The van der Waals surface area contributed by atoms with E-state index >= 15 is 0 Å². The molecule has 1 nitrogen and oxygen atoms in total. The van der Waals surface area contributed by atoms with Gasteiger partial charge in [-0.15, -0.1) is 6.58 Å². The molecule has 0 aromatic heterocycles. The second kappa shape index (κ2) is 5.38. The molecule has 1 aromatic rings. The molecule has 0 aliphatic heterocycles. The summed E-state index contributed by atoms with van der Waals surface area (Å²) in [5, 5.41) is 0. The van der Waals surface area contributed by atoms with E-state index < -0.39 is 0 Å². The number of ketones is 1. The summed E-state index contributed by atoms with van der Waals surface area (Å²) in [6.45, 7) is 5.71. The summed E-state index contributed by atoms with van der Waals surface area (Å²) in [5.74, 6) is 0.322. The van der Waals surface area contributed by atoms with Crippen LogP contribution in [0.1, 0.15) is 30.1 Å². The maximum atomic E-state index is 11.9. The van der Waals surface area contributed by atoms with Crippen molar-refractivity contribution in [2.24, 2.45) is 5.92 Å². The van der Waals surface area contributed by atoms with Crippen LogP contribution in [0, 0.1) is 5.92 Å². The summed E-state index contributed by atoms with van der Waals surface area (Å²) in [7, 11) is 0. The van der Waals surface area contributed by atoms with Crippen LogP contribution >= 0.6 is 0 Å². The highest BCUT2D eigenvalue weighted by Gasteiger charge is 2.15. The molecule has 0 fully saturated rings. The zero-order valence-corrected chi connectivity index (χ0v) is 8.57. The summed E-state index contributed by atoms with van der Waals surface area (Å²) in [6.07, 6.45) is 3.46. The molecule has 1 heteroatoms. The topological polar surface area (TPSA) is 17.1 Å². The largest absolute Gasteiger partial charge is 0.294 e. The molecule has 74 valence electrons. The van der Waals surface area contributed by atoms with Crippen molar-refractivity contribution in [1.82, 2.24) is 0 Å². The molecule has 0 spiro atoms. The van der Waals surface area contributed by atoms with Crippen LogP contribution < -0.4 is 0 Å². The Bertz CT molecular complexity index is 300. The van der Waals surface area contributed by atoms with Gasteiger partial charge in [0.1, 0.15) is 0 Å². The van der Waals surface area contributed by atoms with Crippen molar-refractivity contribution in [1.29, 1.82) is 0 Å². The van der Waals surface area contributed by atoms with E-state index in [9.17, 15) is 4.79 Å². The van der Waals surface area contributed by atoms with Crippen LogP contribution in [0.25, 0.3) is 0 Å². The minimum Gasteiger partial charge on any atom is -0.294 e. The Morgan fingerprint density at radius 1 is 1.43 bits per heavy atom. The lowest BCUT2D eigenvalue weighted by Gasteiger charge is -2.10. The first-order chi connectivity index (χ1) is 6.79. The van der Waals surface area contributed by atoms with Gasteiger partial charge in [-0.25, -0.2) is 0 Å². The Hall–Kier alpha value is -1.37. The van der Waals surface area contributed by atoms with Crippen LogP contribution in [0.4, 0.5) is 0 Å². The van der Waals surface area contributed by atoms with Gasteiger partial charge in [0.05, 0.1) is 0 Å². The van der Waals surface area contributed by atoms with Crippen molar-refractivity contribution in [3.05, 3.63) is 48.6 Å². The van der Waals surface area contributed by atoms with Gasteiger partial charge in [0.15, 0.2) is 5.78 Å². The number of rotatable bonds is 5. The Labute approximate surface area is 85.5 Å². The predicted molar refractivity (Wildman–Crippen MR) is 59.4 cm³/mol. The third kappa shape index (κ3) is 2.56. The standard InChI is InChI=1S/C13H16O/c1-3-8-11(4-2)13(14)12-9-6-5-7-10-12/h3,5-7,9-11H,1,4,8H2,2H3. The molecule has 0 saturated heterocycles. The summed E-state index contributed by atoms with van der Waals surface area (Å²) in [6, 6.07) is 9.45. The normalized spacial score (nSPS) is 12.1. The van der Waals surface area contributed by atoms with E-state index in [2.05, 4.69) is 6.58 Å². The molecule has 1 rings (SSSR count). The van der Waals surface area contributed by atoms with Crippen LogP contribution in [-0.2, 0) is 0 Å². The highest BCUT2D eigenvalue weighted by molar-refractivity contribution is 5.97. The fraction of sp³-hybridized carbons (Fsp3) is 0.308. The minimum absolute atomic E-state index is 0.0925. The van der Waals surface area contributed by atoms with E-state index in [1.165, 1.54) is 0 Å². The van der Waals surface area contributed by atoms with E-state index in [4.69, 9.17) is 0 Å². The number of carbonyl (C=O) groups excluding carboxylic acids is 1. The van der Waals surface area contributed by atoms with Crippen molar-refractivity contribution in [2.45, 2.75) is 19.8 Å². The van der Waals surface area contributed by atoms with E-state index in [1.807, 2.05) is 43.3 Å². The van der Waals surface area contributed by atoms with Gasteiger partial charge in [-0.1, -0.05) is 43.3 Å². The lowest BCUT2D eigenvalue weighted by atomic mass is 9.92. The third-order valence-electron chi connectivity index (χ3n) is 2.37. The van der Waals surface area contributed by atoms with Crippen molar-refractivity contribution < 1.29 is 4.79 Å². The van der Waals surface area contributed by atoms with Gasteiger partial charge in [-0.2, -0.15) is 0 Å². The van der Waals surface area contributed by atoms with Gasteiger partial charge in [0.2, 0.25) is 0 Å². The van der Waals surface area contributed by atoms with E-state index in [1.54, 1.807) is 0 Å². The third-order valence-corrected chi connectivity index (χ3v) is 2.37. The first-order valence-electron chi connectivity index (χ1n) is 4.99. The average Bonchev–Trinajstić information content (AvgIpc) is 2.26. The lowest BCUT2D eigenvalue weighted by molar-refractivity contribution is 0.0918. The molecule has 0 amide bonds. The van der Waals surface area contributed by atoms with Crippen LogP contribution in [-0.4, -0.2) is 5.78 Å². The molecule has 0 radical (unpaired) electrons. The predicted octanol–water partition coefficient (Wildman–Crippen LogP) is 3.47. The molecule has 0 bridgehead atoms. The number of hydrogen-bond acceptors (Lipinski definition) is 1. The number of Topliss-reactive ketones (excluding diaryl/α,β-unsaturated/α-hetero) is 1. The van der Waals surface area contributed by atoms with Gasteiger partial charge in [-0.3, -0.25) is 4.79 Å². The molecular formula is C13H16O. The molecule has 0 N–H and O–H groups in total. The SMILES string of the molecule is C=CCC(CC)C(=O)c1ccccc1. The van der Waals surface area contributed by atoms with Crippen molar-refractivity contribution in [3.8, 4) is 0 Å². The second-order valence-electron chi connectivity index (χ2n) is 3.36. The van der Waals surface area contributed by atoms with E-state index in [0.717, 1.165) is 18.4 Å². The van der Waals surface area contributed by atoms with Crippen molar-refractivity contribution in [3.63, 3.8) is 0 Å². The minimum atomic E-state index is 0.0925. The van der Waals surface area contributed by atoms with Crippen LogP contribution in [0.5, 0.6) is 0 Å². The molecule has 0 heterocycles. The van der Waals surface area contributed by atoms with E-state index in [-0.39, 0.29) is 11.7 Å². The van der Waals surface area contributed by atoms with Gasteiger partial charge in [-0.05, 0) is 12.8 Å². The molecule has 0 aliphatic rings. The first kappa shape index (κ1) is 10.7. The van der Waals surface area contributed by atoms with Crippen molar-refractivity contribution >= 4 is 5.78 Å². The molecule has 14 heavy (non-hydrogen) atoms. The zero-order chi connectivity index (χ0) is 10.4. The number of hydrogen-bond donors (Lipinski definition) is 0. The number of carbonyl (C=O) groups is 1. The lowest BCUT2D eigenvalue weighted by Crippen LogP contribution is -2.12. The maximum absolute atomic E-state index is 11.9. The quantitative estimate of drug-likeness (QED) is 0.510. The van der Waals surface area contributed by atoms with Crippen LogP contribution in [0.15, 0.2) is 43.0 Å². The molecule has 1 unspecified atom stereocenters. The first-order valence-corrected chi connectivity index (χ1v) is 4.99. The molecule has 1 aromatic carbocycles. The Morgan fingerprint density at radius 2 is 2.07 bits per heavy atom. The van der Waals surface area contributed by atoms with Gasteiger partial charge in [0.25, 0.3) is 0 Å². The highest BCUT2D eigenvalue weighted by atomic mass is 16.1. The Kier molecular flexibility index (Phi) is 4.11. The summed E-state index contributed by atoms with van der Waals surface area (Å²) in [4.78, 5) is 11.9. The van der Waals surface area contributed by atoms with Gasteiger partial charge in [0, 0.05) is 11.5 Å². The molecular weight excluding hydrogens is 172 g/mol. The summed E-state index contributed by atoms with van der Waals surface area (Å²) < 4.78 is 0. The Balaban J connectivity index is 2.78. The molecule has 0 saturated carbocycles. The van der Waals surface area contributed by atoms with Crippen LogP contribution in [0.3, 0.4) is 0 Å². The van der Waals surface area contributed by atoms with Crippen LogP contribution in [0.2, 0.25) is 0 Å².